The van der Waals surface area contributed by atoms with Crippen molar-refractivity contribution in [3.05, 3.63) is 77.3 Å². The Labute approximate surface area is 192 Å². The van der Waals surface area contributed by atoms with Gasteiger partial charge in [0, 0.05) is 30.3 Å². The van der Waals surface area contributed by atoms with Gasteiger partial charge in [-0.3, -0.25) is 4.79 Å². The highest BCUT2D eigenvalue weighted by Gasteiger charge is 2.20. The minimum Gasteiger partial charge on any atom is -0.471 e. The van der Waals surface area contributed by atoms with Gasteiger partial charge in [-0.25, -0.2) is 4.99 Å². The molecule has 1 atom stereocenters. The van der Waals surface area contributed by atoms with Gasteiger partial charge in [0.05, 0.1) is 6.54 Å². The number of hydrogen-bond donors (Lipinski definition) is 1. The van der Waals surface area contributed by atoms with E-state index >= 15 is 0 Å². The highest BCUT2D eigenvalue weighted by molar-refractivity contribution is 7.98. The van der Waals surface area contributed by atoms with Crippen molar-refractivity contribution in [3.63, 3.8) is 0 Å². The summed E-state index contributed by atoms with van der Waals surface area (Å²) in [7, 11) is 3.49. The molecule has 1 amide bonds. The molecular weight excluding hydrogens is 422 g/mol. The van der Waals surface area contributed by atoms with E-state index in [-0.39, 0.29) is 12.0 Å². The smallest absolute Gasteiger partial charge is 0.253 e. The molecule has 1 unspecified atom stereocenters. The predicted molar refractivity (Wildman–Crippen MR) is 129 cm³/mol. The fourth-order valence-electron chi connectivity index (χ4n) is 3.46. The lowest BCUT2D eigenvalue weighted by molar-refractivity contribution is -0.124. The van der Waals surface area contributed by atoms with Crippen LogP contribution < -0.4 is 4.74 Å². The summed E-state index contributed by atoms with van der Waals surface area (Å²) >= 11 is 1.68. The topological polar surface area (TPSA) is 66.9 Å². The number of aliphatic imine (C=N–C) groups is 1. The molecule has 2 heterocycles. The molecule has 166 valence electrons. The number of hydrogen-bond acceptors (Lipinski definition) is 5. The van der Waals surface area contributed by atoms with Crippen molar-refractivity contribution in [2.75, 3.05) is 26.9 Å². The van der Waals surface area contributed by atoms with Gasteiger partial charge >= 0.3 is 0 Å². The van der Waals surface area contributed by atoms with Gasteiger partial charge in [0.2, 0.25) is 5.90 Å². The Kier molecular flexibility index (Phi) is 6.55. The zero-order chi connectivity index (χ0) is 22.7. The molecule has 0 saturated heterocycles. The molecule has 7 heteroatoms. The van der Waals surface area contributed by atoms with Crippen molar-refractivity contribution >= 4 is 29.1 Å². The Balaban J connectivity index is 1.61. The number of benzene rings is 1. The third-order valence-electron chi connectivity index (χ3n) is 5.17. The number of ether oxygens (including phenoxy) is 2. The molecule has 1 aliphatic heterocycles. The average molecular weight is 450 g/mol. The van der Waals surface area contributed by atoms with Crippen molar-refractivity contribution in [1.82, 2.24) is 9.88 Å². The number of H-pyrrole nitrogens is 1. The second kappa shape index (κ2) is 9.53. The number of likely N-dealkylation sites (N-methyl/N-ethyl adjacent to an activating group) is 1. The van der Waals surface area contributed by atoms with E-state index in [2.05, 4.69) is 9.98 Å². The minimum absolute atomic E-state index is 0.0827. The van der Waals surface area contributed by atoms with E-state index in [0.29, 0.717) is 30.2 Å². The number of aromatic amines is 1. The van der Waals surface area contributed by atoms with Crippen molar-refractivity contribution in [3.8, 4) is 5.75 Å². The molecule has 0 radical (unpaired) electrons. The third kappa shape index (κ3) is 4.99. The quantitative estimate of drug-likeness (QED) is 0.651. The molecule has 1 aromatic heterocycles. The molecule has 2 aromatic rings. The van der Waals surface area contributed by atoms with Gasteiger partial charge in [-0.2, -0.15) is 0 Å². The summed E-state index contributed by atoms with van der Waals surface area (Å²) in [6.45, 7) is 2.66. The van der Waals surface area contributed by atoms with Crippen LogP contribution in [0.4, 0.5) is 0 Å². The van der Waals surface area contributed by atoms with Crippen molar-refractivity contribution in [2.24, 2.45) is 4.99 Å². The maximum absolute atomic E-state index is 12.8. The highest BCUT2D eigenvalue weighted by Crippen LogP contribution is 2.28. The molecule has 6 nitrogen and oxygen atoms in total. The van der Waals surface area contributed by atoms with E-state index in [4.69, 9.17) is 9.47 Å². The molecule has 0 saturated carbocycles. The zero-order valence-electron chi connectivity index (χ0n) is 18.7. The molecule has 32 heavy (non-hydrogen) atoms. The fourth-order valence-corrected chi connectivity index (χ4v) is 3.87. The first-order valence-electron chi connectivity index (χ1n) is 10.5. The summed E-state index contributed by atoms with van der Waals surface area (Å²) in [5, 5.41) is 0. The number of carbonyl (C=O) groups is 1. The van der Waals surface area contributed by atoms with E-state index in [1.807, 2.05) is 61.7 Å². The van der Waals surface area contributed by atoms with Crippen LogP contribution in [0.3, 0.4) is 0 Å². The first kappa shape index (κ1) is 22.0. The number of nitrogens with one attached hydrogen (secondary N) is 1. The standard InChI is InChI=1S/C25H27N3O3S/c1-16-15-26-24(30-16)23-12-11-22(27-23)17-5-6-20(14-18(13-17)25(29)28(2)3)31-19-7-9-21(32-4)10-8-19/h6-14,16,27H,5,15H2,1-4H3. The molecular formula is C25H27N3O3S. The van der Waals surface area contributed by atoms with E-state index in [1.165, 1.54) is 4.90 Å². The van der Waals surface area contributed by atoms with Gasteiger partial charge in [0.15, 0.2) is 0 Å². The van der Waals surface area contributed by atoms with E-state index in [1.54, 1.807) is 36.8 Å². The van der Waals surface area contributed by atoms with Crippen LogP contribution in [-0.2, 0) is 9.53 Å². The molecule has 1 N–H and O–H groups in total. The van der Waals surface area contributed by atoms with Crippen molar-refractivity contribution < 1.29 is 14.3 Å². The summed E-state index contributed by atoms with van der Waals surface area (Å²) < 4.78 is 11.9. The lowest BCUT2D eigenvalue weighted by atomic mass is 10.1. The Morgan fingerprint density at radius 3 is 2.56 bits per heavy atom. The van der Waals surface area contributed by atoms with Crippen LogP contribution in [-0.4, -0.2) is 54.7 Å². The maximum Gasteiger partial charge on any atom is 0.253 e. The predicted octanol–water partition coefficient (Wildman–Crippen LogP) is 4.67. The van der Waals surface area contributed by atoms with Crippen LogP contribution >= 0.6 is 11.8 Å². The molecule has 1 aliphatic carbocycles. The number of thioether (sulfide) groups is 1. The zero-order valence-corrected chi connectivity index (χ0v) is 19.5. The first-order chi connectivity index (χ1) is 15.4. The van der Waals surface area contributed by atoms with E-state index < -0.39 is 0 Å². The second-order valence-electron chi connectivity index (χ2n) is 7.92. The summed E-state index contributed by atoms with van der Waals surface area (Å²) in [6, 6.07) is 11.9. The maximum atomic E-state index is 12.8. The van der Waals surface area contributed by atoms with Crippen LogP contribution in [0.2, 0.25) is 0 Å². The van der Waals surface area contributed by atoms with Gasteiger partial charge in [0.1, 0.15) is 23.3 Å². The van der Waals surface area contributed by atoms with Crippen LogP contribution in [0.15, 0.2) is 75.8 Å². The molecule has 0 spiro atoms. The Bertz CT molecular complexity index is 1120. The SMILES string of the molecule is CSc1ccc(OC2=CCC(c3ccc(C4=NCC(C)O4)[nH]3)=CC(C(=O)N(C)C)=C2)cc1. The number of aromatic nitrogens is 1. The average Bonchev–Trinajstić information content (AvgIpc) is 3.39. The normalized spacial score (nSPS) is 18.1. The molecule has 0 bridgehead atoms. The van der Waals surface area contributed by atoms with E-state index in [0.717, 1.165) is 22.7 Å². The van der Waals surface area contributed by atoms with E-state index in [9.17, 15) is 4.79 Å². The number of carbonyl (C=O) groups excluding carboxylic acids is 1. The molecule has 1 aromatic carbocycles. The number of amides is 1. The van der Waals surface area contributed by atoms with Crippen LogP contribution in [0, 0.1) is 0 Å². The minimum atomic E-state index is -0.0827. The molecule has 4 rings (SSSR count). The van der Waals surface area contributed by atoms with Crippen LogP contribution in [0.5, 0.6) is 5.75 Å². The second-order valence-corrected chi connectivity index (χ2v) is 8.80. The van der Waals surface area contributed by atoms with Gasteiger partial charge in [-0.05, 0) is 79.8 Å². The van der Waals surface area contributed by atoms with Crippen molar-refractivity contribution in [1.29, 1.82) is 0 Å². The summed E-state index contributed by atoms with van der Waals surface area (Å²) in [5.74, 6) is 1.92. The van der Waals surface area contributed by atoms with Crippen molar-refractivity contribution in [2.45, 2.75) is 24.3 Å². The number of nitrogens with zero attached hydrogens (tertiary/aromatic N) is 2. The number of rotatable bonds is 6. The first-order valence-corrected chi connectivity index (χ1v) is 11.7. The van der Waals surface area contributed by atoms with Gasteiger partial charge < -0.3 is 19.4 Å². The van der Waals surface area contributed by atoms with Gasteiger partial charge in [0.25, 0.3) is 5.91 Å². The van der Waals surface area contributed by atoms with Crippen LogP contribution in [0.1, 0.15) is 24.7 Å². The Hall–Kier alpha value is -3.19. The molecule has 2 aliphatic rings. The van der Waals surface area contributed by atoms with Crippen LogP contribution in [0.25, 0.3) is 5.57 Å². The van der Waals surface area contributed by atoms with Gasteiger partial charge in [-0.15, -0.1) is 11.8 Å². The fraction of sp³-hybridized carbons (Fsp3) is 0.280. The lowest BCUT2D eigenvalue weighted by Gasteiger charge is -2.12. The highest BCUT2D eigenvalue weighted by atomic mass is 32.2. The Morgan fingerprint density at radius 1 is 1.16 bits per heavy atom. The Morgan fingerprint density at radius 2 is 1.91 bits per heavy atom. The largest absolute Gasteiger partial charge is 0.471 e. The third-order valence-corrected chi connectivity index (χ3v) is 5.91. The molecule has 0 fully saturated rings. The summed E-state index contributed by atoms with van der Waals surface area (Å²) in [6.07, 6.45) is 8.46. The lowest BCUT2D eigenvalue weighted by Crippen LogP contribution is -2.23. The number of allylic oxidation sites excluding steroid dienone is 3. The van der Waals surface area contributed by atoms with Gasteiger partial charge in [-0.1, -0.05) is 0 Å². The summed E-state index contributed by atoms with van der Waals surface area (Å²) in [4.78, 5) is 23.4. The monoisotopic (exact) mass is 449 g/mol. The summed E-state index contributed by atoms with van der Waals surface area (Å²) in [5.41, 5.74) is 3.31.